The lowest BCUT2D eigenvalue weighted by Gasteiger charge is -2.13. The first-order valence-electron chi connectivity index (χ1n) is 4.87. The molecule has 4 N–H and O–H groups in total. The Hall–Kier alpha value is -0.890. The number of hydrogen-bond donors (Lipinski definition) is 3. The molecule has 0 amide bonds. The van der Waals surface area contributed by atoms with Crippen LogP contribution >= 0.6 is 45.2 Å². The van der Waals surface area contributed by atoms with Gasteiger partial charge in [-0.25, -0.2) is 4.79 Å². The van der Waals surface area contributed by atoms with Gasteiger partial charge in [0.25, 0.3) is 0 Å². The lowest BCUT2D eigenvalue weighted by Crippen LogP contribution is -2.38. The molecule has 0 fully saturated rings. The molecule has 0 heterocycles. The molecule has 1 aromatic rings. The minimum Gasteiger partial charge on any atom is -0.372 e. The number of halogens is 2. The first-order chi connectivity index (χ1) is 9.03. The number of carbonyl (C=O) groups is 1. The van der Waals surface area contributed by atoms with Gasteiger partial charge < -0.3 is 4.84 Å². The van der Waals surface area contributed by atoms with Crippen molar-refractivity contribution in [1.29, 1.82) is 5.53 Å². The van der Waals surface area contributed by atoms with Gasteiger partial charge >= 0.3 is 5.97 Å². The van der Waals surface area contributed by atoms with Crippen molar-refractivity contribution in [2.24, 2.45) is 16.3 Å². The van der Waals surface area contributed by atoms with Gasteiger partial charge in [-0.3, -0.25) is 5.43 Å². The quantitative estimate of drug-likeness (QED) is 0.244. The van der Waals surface area contributed by atoms with Crippen LogP contribution in [-0.4, -0.2) is 12.0 Å². The van der Waals surface area contributed by atoms with Gasteiger partial charge in [0, 0.05) is 13.6 Å². The molecular weight excluding hydrogens is 480 g/mol. The Balaban J connectivity index is 3.00. The summed E-state index contributed by atoms with van der Waals surface area (Å²) in [5, 5.41) is 5.89. The molecule has 10 heteroatoms. The van der Waals surface area contributed by atoms with E-state index in [0.29, 0.717) is 12.8 Å². The van der Waals surface area contributed by atoms with E-state index >= 15 is 0 Å². The van der Waals surface area contributed by atoms with E-state index < -0.39 is 12.0 Å². The number of carbonyl (C=O) groups excluding carboxylic acids is 1. The van der Waals surface area contributed by atoms with Crippen LogP contribution in [0.2, 0.25) is 0 Å². The highest BCUT2D eigenvalue weighted by Crippen LogP contribution is 2.29. The highest BCUT2D eigenvalue weighted by atomic mass is 127. The van der Waals surface area contributed by atoms with Crippen LogP contribution in [0, 0.1) is 17.6 Å². The van der Waals surface area contributed by atoms with Gasteiger partial charge in [0.1, 0.15) is 11.7 Å². The summed E-state index contributed by atoms with van der Waals surface area (Å²) in [6.07, 6.45) is 0.226. The molecule has 0 bridgehead atoms. The Kier molecular flexibility index (Phi) is 6.50. The molecule has 0 spiro atoms. The van der Waals surface area contributed by atoms with Crippen LogP contribution in [0.1, 0.15) is 5.56 Å². The number of benzene rings is 1. The summed E-state index contributed by atoms with van der Waals surface area (Å²) in [7, 11) is 0. The number of nitrogens with zero attached hydrogens (tertiary/aromatic N) is 2. The molecule has 102 valence electrons. The predicted octanol–water partition coefficient (Wildman–Crippen LogP) is 2.16. The third-order valence-electron chi connectivity index (χ3n) is 2.23. The van der Waals surface area contributed by atoms with Crippen molar-refractivity contribution >= 4 is 56.8 Å². The standard InChI is InChI=1S/C9H9I2N5O3/c10-5-1-4(2-6(11)8(5)15-18)3-7(14-16-12)9(17)19-13/h1-2,7H,3,13H2,(H2,12,14)/t7-/m0/s1. The molecule has 1 rings (SSSR count). The minimum atomic E-state index is -0.857. The maximum atomic E-state index is 11.4. The molecule has 0 aromatic heterocycles. The molecule has 1 aromatic carbocycles. The molecule has 0 aliphatic rings. The summed E-state index contributed by atoms with van der Waals surface area (Å²) < 4.78 is 1.36. The number of nitroso groups, excluding NO2 is 1. The molecule has 0 aliphatic heterocycles. The fourth-order valence-electron chi connectivity index (χ4n) is 1.40. The largest absolute Gasteiger partial charge is 0.372 e. The zero-order valence-electron chi connectivity index (χ0n) is 9.39. The van der Waals surface area contributed by atoms with E-state index in [-0.39, 0.29) is 6.42 Å². The van der Waals surface area contributed by atoms with Crippen LogP contribution in [0.3, 0.4) is 0 Å². The van der Waals surface area contributed by atoms with E-state index in [9.17, 15) is 9.70 Å². The van der Waals surface area contributed by atoms with E-state index in [1.54, 1.807) is 12.1 Å². The zero-order chi connectivity index (χ0) is 14.4. The van der Waals surface area contributed by atoms with Crippen molar-refractivity contribution in [3.05, 3.63) is 29.7 Å². The van der Waals surface area contributed by atoms with Gasteiger partial charge in [0.15, 0.2) is 0 Å². The summed E-state index contributed by atoms with van der Waals surface area (Å²) in [5.41, 5.74) is 10.2. The monoisotopic (exact) mass is 489 g/mol. The van der Waals surface area contributed by atoms with Crippen LogP contribution < -0.4 is 11.3 Å². The van der Waals surface area contributed by atoms with E-state index in [4.69, 9.17) is 11.4 Å². The second kappa shape index (κ2) is 7.64. The number of rotatable bonds is 6. The summed E-state index contributed by atoms with van der Waals surface area (Å²) in [6.45, 7) is 0. The average Bonchev–Trinajstić information content (AvgIpc) is 2.37. The van der Waals surface area contributed by atoms with Gasteiger partial charge in [-0.2, -0.15) is 11.4 Å². The Bertz CT molecular complexity index is 488. The van der Waals surface area contributed by atoms with Gasteiger partial charge in [0.2, 0.25) is 0 Å². The number of hydrogen-bond acceptors (Lipinski definition) is 7. The first-order valence-corrected chi connectivity index (χ1v) is 7.03. The normalized spacial score (nSPS) is 11.5. The molecule has 0 saturated carbocycles. The minimum absolute atomic E-state index is 0.226. The molecular formula is C9H9I2N5O3. The van der Waals surface area contributed by atoms with Gasteiger partial charge in [-0.15, -0.1) is 4.91 Å². The molecule has 0 aliphatic carbocycles. The third-order valence-corrected chi connectivity index (χ3v) is 3.87. The summed E-state index contributed by atoms with van der Waals surface area (Å²) in [6, 6.07) is 2.59. The molecule has 0 unspecified atom stereocenters. The Morgan fingerprint density at radius 3 is 2.47 bits per heavy atom. The second-order valence-electron chi connectivity index (χ2n) is 3.43. The Morgan fingerprint density at radius 2 is 2.05 bits per heavy atom. The van der Waals surface area contributed by atoms with Gasteiger partial charge in [0.05, 0.1) is 0 Å². The van der Waals surface area contributed by atoms with Gasteiger partial charge in [-0.1, -0.05) is 5.22 Å². The maximum absolute atomic E-state index is 11.4. The van der Waals surface area contributed by atoms with Crippen molar-refractivity contribution in [2.75, 3.05) is 0 Å². The van der Waals surface area contributed by atoms with Crippen LogP contribution in [0.5, 0.6) is 0 Å². The summed E-state index contributed by atoms with van der Waals surface area (Å²) in [4.78, 5) is 26.1. The zero-order valence-corrected chi connectivity index (χ0v) is 13.7. The number of nitrogens with two attached hydrogens (primary N) is 1. The van der Waals surface area contributed by atoms with Crippen molar-refractivity contribution in [1.82, 2.24) is 5.43 Å². The average molecular weight is 489 g/mol. The first kappa shape index (κ1) is 16.2. The molecule has 8 nitrogen and oxygen atoms in total. The highest BCUT2D eigenvalue weighted by molar-refractivity contribution is 14.1. The molecule has 0 radical (unpaired) electrons. The lowest BCUT2D eigenvalue weighted by atomic mass is 10.1. The van der Waals surface area contributed by atoms with Crippen LogP contribution in [0.4, 0.5) is 5.69 Å². The molecule has 0 saturated heterocycles. The highest BCUT2D eigenvalue weighted by Gasteiger charge is 2.21. The SMILES string of the molecule is N=NN[C@@H](Cc1cc(I)c(N=O)c(I)c1)C(=O)ON. The van der Waals surface area contributed by atoms with Crippen molar-refractivity contribution in [2.45, 2.75) is 12.5 Å². The predicted molar refractivity (Wildman–Crippen MR) is 83.4 cm³/mol. The maximum Gasteiger partial charge on any atom is 0.349 e. The van der Waals surface area contributed by atoms with E-state index in [1.807, 2.05) is 45.2 Å². The fourth-order valence-corrected chi connectivity index (χ4v) is 3.49. The van der Waals surface area contributed by atoms with Crippen LogP contribution in [0.25, 0.3) is 0 Å². The topological polar surface area (TPSA) is 130 Å². The van der Waals surface area contributed by atoms with Crippen LogP contribution in [-0.2, 0) is 16.1 Å². The van der Waals surface area contributed by atoms with E-state index in [0.717, 1.165) is 5.56 Å². The molecule has 1 atom stereocenters. The third kappa shape index (κ3) is 4.31. The van der Waals surface area contributed by atoms with Crippen molar-refractivity contribution in [3.63, 3.8) is 0 Å². The van der Waals surface area contributed by atoms with Crippen LogP contribution in [0.15, 0.2) is 22.5 Å². The van der Waals surface area contributed by atoms with Crippen molar-refractivity contribution < 1.29 is 9.63 Å². The summed E-state index contributed by atoms with van der Waals surface area (Å²) >= 11 is 3.97. The fraction of sp³-hybridized carbons (Fsp3) is 0.222. The molecule has 19 heavy (non-hydrogen) atoms. The van der Waals surface area contributed by atoms with Crippen molar-refractivity contribution in [3.8, 4) is 0 Å². The van der Waals surface area contributed by atoms with E-state index in [1.165, 1.54) is 0 Å². The smallest absolute Gasteiger partial charge is 0.349 e. The van der Waals surface area contributed by atoms with Gasteiger partial charge in [-0.05, 0) is 68.1 Å². The second-order valence-corrected chi connectivity index (χ2v) is 5.76. The summed E-state index contributed by atoms with van der Waals surface area (Å²) in [5.74, 6) is 4.09. The Morgan fingerprint density at radius 1 is 1.47 bits per heavy atom. The number of nitrogens with one attached hydrogen (secondary N) is 2. The van der Waals surface area contributed by atoms with E-state index in [2.05, 4.69) is 20.7 Å². The lowest BCUT2D eigenvalue weighted by molar-refractivity contribution is -0.146. The Labute approximate surface area is 135 Å².